The van der Waals surface area contributed by atoms with Gasteiger partial charge in [0.15, 0.2) is 0 Å². The second kappa shape index (κ2) is 3.58. The molecule has 0 spiro atoms. The molecule has 0 bridgehead atoms. The van der Waals surface area contributed by atoms with E-state index in [9.17, 15) is 0 Å². The highest BCUT2D eigenvalue weighted by Gasteiger charge is 2.29. The number of morpholine rings is 1. The predicted octanol–water partition coefficient (Wildman–Crippen LogP) is 2.19. The van der Waals surface area contributed by atoms with E-state index >= 15 is 0 Å². The summed E-state index contributed by atoms with van der Waals surface area (Å²) in [6, 6.07) is 0. The van der Waals surface area contributed by atoms with E-state index in [1.165, 1.54) is 0 Å². The van der Waals surface area contributed by atoms with Crippen molar-refractivity contribution >= 4 is 0 Å². The summed E-state index contributed by atoms with van der Waals surface area (Å²) in [6.45, 7) is 13.0. The van der Waals surface area contributed by atoms with Crippen molar-refractivity contribution in [3.05, 3.63) is 0 Å². The second-order valence-electron chi connectivity index (χ2n) is 5.96. The number of nitrogens with one attached hydrogen (secondary N) is 1. The minimum absolute atomic E-state index is 0.161. The molecule has 1 rings (SSSR count). The predicted molar refractivity (Wildman–Crippen MR) is 55.9 cm³/mol. The first-order chi connectivity index (χ1) is 5.79. The van der Waals surface area contributed by atoms with Crippen molar-refractivity contribution in [1.29, 1.82) is 0 Å². The fraction of sp³-hybridized carbons (Fsp3) is 1.00. The van der Waals surface area contributed by atoms with Gasteiger partial charge in [-0.15, -0.1) is 0 Å². The average Bonchev–Trinajstić information content (AvgIpc) is 1.91. The maximum atomic E-state index is 5.81. The molecule has 2 heteroatoms. The maximum Gasteiger partial charge on any atom is 0.0705 e. The van der Waals surface area contributed by atoms with Gasteiger partial charge in [-0.1, -0.05) is 20.8 Å². The maximum absolute atomic E-state index is 5.81. The van der Waals surface area contributed by atoms with Gasteiger partial charge >= 0.3 is 0 Å². The van der Waals surface area contributed by atoms with Crippen molar-refractivity contribution in [1.82, 2.24) is 5.32 Å². The van der Waals surface area contributed by atoms with Crippen LogP contribution in [0.1, 0.15) is 41.0 Å². The van der Waals surface area contributed by atoms with Gasteiger partial charge < -0.3 is 10.1 Å². The molecule has 2 nitrogen and oxygen atoms in total. The van der Waals surface area contributed by atoms with Gasteiger partial charge in [-0.2, -0.15) is 0 Å². The molecule has 0 aliphatic carbocycles. The molecule has 1 fully saturated rings. The van der Waals surface area contributed by atoms with Crippen LogP contribution in [-0.2, 0) is 4.74 Å². The van der Waals surface area contributed by atoms with Gasteiger partial charge in [0, 0.05) is 12.1 Å². The minimum atomic E-state index is 0.161. The molecule has 0 radical (unpaired) electrons. The molecule has 1 atom stereocenters. The van der Waals surface area contributed by atoms with Crippen LogP contribution >= 0.6 is 0 Å². The van der Waals surface area contributed by atoms with Crippen LogP contribution in [0.15, 0.2) is 0 Å². The summed E-state index contributed by atoms with van der Waals surface area (Å²) in [5.74, 6) is 0. The molecule has 1 N–H and O–H groups in total. The summed E-state index contributed by atoms with van der Waals surface area (Å²) < 4.78 is 5.81. The number of hydrogen-bond donors (Lipinski definition) is 1. The monoisotopic (exact) mass is 185 g/mol. The summed E-state index contributed by atoms with van der Waals surface area (Å²) in [5.41, 5.74) is 0.530. The number of hydrogen-bond acceptors (Lipinski definition) is 2. The molecular weight excluding hydrogens is 162 g/mol. The first-order valence-corrected chi connectivity index (χ1v) is 5.15. The van der Waals surface area contributed by atoms with Gasteiger partial charge in [-0.3, -0.25) is 0 Å². The highest BCUT2D eigenvalue weighted by atomic mass is 16.5. The van der Waals surface area contributed by atoms with Gasteiger partial charge in [-0.25, -0.2) is 0 Å². The van der Waals surface area contributed by atoms with Gasteiger partial charge in [0.25, 0.3) is 0 Å². The standard InChI is InChI=1S/C11H23NO/c1-10(2,3)6-9-7-12-11(4,5)8-13-9/h9,12H,6-8H2,1-5H3. The van der Waals surface area contributed by atoms with Crippen LogP contribution in [0.5, 0.6) is 0 Å². The molecule has 0 aromatic heterocycles. The normalized spacial score (nSPS) is 28.8. The van der Waals surface area contributed by atoms with E-state index in [4.69, 9.17) is 4.74 Å². The van der Waals surface area contributed by atoms with Crippen molar-refractivity contribution in [2.45, 2.75) is 52.7 Å². The molecular formula is C11H23NO. The van der Waals surface area contributed by atoms with Crippen LogP contribution in [0.25, 0.3) is 0 Å². The Labute approximate surface area is 82.0 Å². The third-order valence-corrected chi connectivity index (χ3v) is 2.33. The Balaban J connectivity index is 2.34. The summed E-state index contributed by atoms with van der Waals surface area (Å²) >= 11 is 0. The van der Waals surface area contributed by atoms with E-state index in [1.54, 1.807) is 0 Å². The van der Waals surface area contributed by atoms with Crippen molar-refractivity contribution in [2.24, 2.45) is 5.41 Å². The zero-order valence-electron chi connectivity index (χ0n) is 9.61. The summed E-state index contributed by atoms with van der Waals surface area (Å²) in [4.78, 5) is 0. The number of rotatable bonds is 1. The van der Waals surface area contributed by atoms with Crippen LogP contribution in [0.4, 0.5) is 0 Å². The summed E-state index contributed by atoms with van der Waals surface area (Å²) in [7, 11) is 0. The van der Waals surface area contributed by atoms with Gasteiger partial charge in [0.1, 0.15) is 0 Å². The lowest BCUT2D eigenvalue weighted by Crippen LogP contribution is -2.53. The van der Waals surface area contributed by atoms with E-state index < -0.39 is 0 Å². The summed E-state index contributed by atoms with van der Waals surface area (Å²) in [6.07, 6.45) is 1.53. The molecule has 0 saturated carbocycles. The van der Waals surface area contributed by atoms with Crippen LogP contribution in [-0.4, -0.2) is 24.8 Å². The smallest absolute Gasteiger partial charge is 0.0705 e. The van der Waals surface area contributed by atoms with Crippen molar-refractivity contribution in [3.63, 3.8) is 0 Å². The van der Waals surface area contributed by atoms with Crippen LogP contribution < -0.4 is 5.32 Å². The zero-order valence-corrected chi connectivity index (χ0v) is 9.61. The molecule has 13 heavy (non-hydrogen) atoms. The minimum Gasteiger partial charge on any atom is -0.375 e. The lowest BCUT2D eigenvalue weighted by molar-refractivity contribution is -0.0386. The molecule has 0 aromatic rings. The molecule has 0 aromatic carbocycles. The highest BCUT2D eigenvalue weighted by Crippen LogP contribution is 2.24. The fourth-order valence-corrected chi connectivity index (χ4v) is 1.64. The Morgan fingerprint density at radius 3 is 2.38 bits per heavy atom. The van der Waals surface area contributed by atoms with E-state index in [0.717, 1.165) is 19.6 Å². The topological polar surface area (TPSA) is 21.3 Å². The van der Waals surface area contributed by atoms with Crippen molar-refractivity contribution in [3.8, 4) is 0 Å². The van der Waals surface area contributed by atoms with E-state index in [2.05, 4.69) is 39.9 Å². The first-order valence-electron chi connectivity index (χ1n) is 5.15. The van der Waals surface area contributed by atoms with Crippen molar-refractivity contribution < 1.29 is 4.74 Å². The lowest BCUT2D eigenvalue weighted by Gasteiger charge is -2.38. The average molecular weight is 185 g/mol. The number of ether oxygens (including phenoxy) is 1. The molecule has 1 aliphatic heterocycles. The highest BCUT2D eigenvalue weighted by molar-refractivity contribution is 4.85. The molecule has 0 amide bonds. The van der Waals surface area contributed by atoms with Crippen LogP contribution in [0.2, 0.25) is 0 Å². The van der Waals surface area contributed by atoms with E-state index in [0.29, 0.717) is 11.5 Å². The van der Waals surface area contributed by atoms with E-state index in [-0.39, 0.29) is 5.54 Å². The van der Waals surface area contributed by atoms with Gasteiger partial charge in [0.05, 0.1) is 12.7 Å². The van der Waals surface area contributed by atoms with Crippen LogP contribution in [0.3, 0.4) is 0 Å². The zero-order chi connectivity index (χ0) is 10.1. The first kappa shape index (κ1) is 11.0. The second-order valence-corrected chi connectivity index (χ2v) is 5.96. The fourth-order valence-electron chi connectivity index (χ4n) is 1.64. The SMILES string of the molecule is CC(C)(C)CC1CNC(C)(C)CO1. The Bertz CT molecular complexity index is 159. The van der Waals surface area contributed by atoms with Gasteiger partial charge in [-0.05, 0) is 25.7 Å². The van der Waals surface area contributed by atoms with Gasteiger partial charge in [0.2, 0.25) is 0 Å². The van der Waals surface area contributed by atoms with Crippen LogP contribution in [0, 0.1) is 5.41 Å². The molecule has 78 valence electrons. The lowest BCUT2D eigenvalue weighted by atomic mass is 9.88. The largest absolute Gasteiger partial charge is 0.375 e. The molecule has 1 aliphatic rings. The Hall–Kier alpha value is -0.0800. The van der Waals surface area contributed by atoms with Crippen molar-refractivity contribution in [2.75, 3.05) is 13.2 Å². The molecule has 1 unspecified atom stereocenters. The third kappa shape index (κ3) is 4.10. The quantitative estimate of drug-likeness (QED) is 0.676. The Morgan fingerprint density at radius 1 is 1.38 bits per heavy atom. The molecule has 1 heterocycles. The summed E-state index contributed by atoms with van der Waals surface area (Å²) in [5, 5.41) is 3.51. The molecule has 1 saturated heterocycles. The Morgan fingerprint density at radius 2 is 2.00 bits per heavy atom. The Kier molecular flexibility index (Phi) is 3.03. The van der Waals surface area contributed by atoms with E-state index in [1.807, 2.05) is 0 Å². The third-order valence-electron chi connectivity index (χ3n) is 2.33.